The Hall–Kier alpha value is -0.620. The highest BCUT2D eigenvalue weighted by atomic mass is 35.5. The summed E-state index contributed by atoms with van der Waals surface area (Å²) in [5, 5.41) is 9.96. The predicted octanol–water partition coefficient (Wildman–Crippen LogP) is 3.32. The van der Waals surface area contributed by atoms with Crippen molar-refractivity contribution in [2.24, 2.45) is 0 Å². The van der Waals surface area contributed by atoms with Gasteiger partial charge in [0.1, 0.15) is 4.71 Å². The molecule has 3 nitrogen and oxygen atoms in total. The van der Waals surface area contributed by atoms with Gasteiger partial charge in [-0.3, -0.25) is 4.79 Å². The molecule has 0 spiro atoms. The average molecular weight is 372 g/mol. The first-order valence-electron chi connectivity index (χ1n) is 7.67. The summed E-state index contributed by atoms with van der Waals surface area (Å²) in [7, 11) is 0. The van der Waals surface area contributed by atoms with Crippen molar-refractivity contribution in [3.05, 3.63) is 48.0 Å². The molecule has 1 saturated heterocycles. The summed E-state index contributed by atoms with van der Waals surface area (Å²) >= 11 is 11.8. The highest BCUT2D eigenvalue weighted by Crippen LogP contribution is 2.33. The molecule has 3 atom stereocenters. The third-order valence-corrected chi connectivity index (χ3v) is 5.71. The van der Waals surface area contributed by atoms with Crippen LogP contribution in [-0.4, -0.2) is 44.4 Å². The fourth-order valence-electron chi connectivity index (χ4n) is 2.58. The Bertz CT molecular complexity index is 527. The van der Waals surface area contributed by atoms with Crippen molar-refractivity contribution in [1.82, 2.24) is 4.90 Å². The third-order valence-electron chi connectivity index (χ3n) is 3.69. The number of allylic oxidation sites excluding steroid dienone is 1. The summed E-state index contributed by atoms with van der Waals surface area (Å²) < 4.78 is -0.143. The van der Waals surface area contributed by atoms with Gasteiger partial charge in [0.15, 0.2) is 0 Å². The van der Waals surface area contributed by atoms with Crippen LogP contribution in [0.3, 0.4) is 0 Å². The lowest BCUT2D eigenvalue weighted by Crippen LogP contribution is -2.42. The molecule has 1 amide bonds. The summed E-state index contributed by atoms with van der Waals surface area (Å²) in [6, 6.07) is 10.3. The summed E-state index contributed by atoms with van der Waals surface area (Å²) in [4.78, 5) is 14.3. The molecule has 1 heterocycles. The standard InChI is InChI=1S/C17H22ClNO2S2/c18-9-5-4-8-15(20)11-16(21)19-14(12-23-17(19)22)10-13-6-2-1-3-7-13/h1-4,6-8,14-15,17,20,22H,5,9-12H2/b8-4+/t14-,15+,17-/m1/s1. The van der Waals surface area contributed by atoms with E-state index < -0.39 is 6.10 Å². The second kappa shape index (κ2) is 9.62. The number of alkyl halides is 1. The summed E-state index contributed by atoms with van der Waals surface area (Å²) in [6.45, 7) is 0. The van der Waals surface area contributed by atoms with Gasteiger partial charge in [0.2, 0.25) is 5.91 Å². The summed E-state index contributed by atoms with van der Waals surface area (Å²) in [5.74, 6) is 1.32. The number of hydrogen-bond acceptors (Lipinski definition) is 4. The van der Waals surface area contributed by atoms with E-state index in [1.165, 1.54) is 5.56 Å². The molecule has 1 aromatic carbocycles. The number of aliphatic hydroxyl groups excluding tert-OH is 1. The smallest absolute Gasteiger partial charge is 0.227 e. The van der Waals surface area contributed by atoms with E-state index in [1.807, 2.05) is 24.3 Å². The topological polar surface area (TPSA) is 40.5 Å². The molecule has 1 aliphatic rings. The lowest BCUT2D eigenvalue weighted by atomic mass is 10.1. The molecule has 1 fully saturated rings. The Labute approximate surface area is 152 Å². The van der Waals surface area contributed by atoms with E-state index >= 15 is 0 Å². The van der Waals surface area contributed by atoms with Crippen molar-refractivity contribution >= 4 is 41.9 Å². The molecule has 0 saturated carbocycles. The van der Waals surface area contributed by atoms with Crippen LogP contribution in [-0.2, 0) is 11.2 Å². The molecule has 0 aliphatic carbocycles. The molecular weight excluding hydrogens is 350 g/mol. The maximum atomic E-state index is 12.5. The van der Waals surface area contributed by atoms with Crippen molar-refractivity contribution in [1.29, 1.82) is 0 Å². The quantitative estimate of drug-likeness (QED) is 0.439. The molecule has 0 bridgehead atoms. The molecule has 126 valence electrons. The number of nitrogens with zero attached hydrogens (tertiary/aromatic N) is 1. The molecule has 2 rings (SSSR count). The Kier molecular flexibility index (Phi) is 7.83. The zero-order valence-corrected chi connectivity index (χ0v) is 15.3. The van der Waals surface area contributed by atoms with Gasteiger partial charge in [-0.2, -0.15) is 0 Å². The first kappa shape index (κ1) is 18.7. The number of thiol groups is 1. The molecule has 1 aromatic rings. The van der Waals surface area contributed by atoms with E-state index in [1.54, 1.807) is 22.7 Å². The van der Waals surface area contributed by atoms with Crippen LogP contribution in [0.15, 0.2) is 42.5 Å². The highest BCUT2D eigenvalue weighted by Gasteiger charge is 2.35. The Morgan fingerprint density at radius 1 is 1.48 bits per heavy atom. The van der Waals surface area contributed by atoms with Gasteiger partial charge in [0, 0.05) is 17.7 Å². The number of hydrogen-bond donors (Lipinski definition) is 2. The molecule has 1 aliphatic heterocycles. The first-order valence-corrected chi connectivity index (χ1v) is 9.77. The summed E-state index contributed by atoms with van der Waals surface area (Å²) in [5.41, 5.74) is 1.21. The highest BCUT2D eigenvalue weighted by molar-refractivity contribution is 8.10. The van der Waals surface area contributed by atoms with Crippen molar-refractivity contribution in [3.8, 4) is 0 Å². The molecular formula is C17H22ClNO2S2. The second-order valence-electron chi connectivity index (χ2n) is 5.48. The van der Waals surface area contributed by atoms with Crippen molar-refractivity contribution in [2.45, 2.75) is 36.1 Å². The van der Waals surface area contributed by atoms with E-state index in [2.05, 4.69) is 24.8 Å². The average Bonchev–Trinajstić information content (AvgIpc) is 2.89. The minimum atomic E-state index is -0.769. The zero-order valence-electron chi connectivity index (χ0n) is 12.8. The van der Waals surface area contributed by atoms with Gasteiger partial charge in [-0.05, 0) is 18.4 Å². The number of carbonyl (C=O) groups is 1. The summed E-state index contributed by atoms with van der Waals surface area (Å²) in [6.07, 6.45) is 4.27. The number of aliphatic hydroxyl groups is 1. The van der Waals surface area contributed by atoms with Crippen molar-refractivity contribution < 1.29 is 9.90 Å². The molecule has 1 N–H and O–H groups in total. The van der Waals surface area contributed by atoms with Crippen LogP contribution < -0.4 is 0 Å². The number of benzene rings is 1. The SMILES string of the molecule is O=C(C[C@@H](O)/C=C/CCCl)N1[C@H](Cc2ccccc2)CS[C@H]1S. The van der Waals surface area contributed by atoms with Crippen LogP contribution in [0, 0.1) is 0 Å². The van der Waals surface area contributed by atoms with E-state index in [-0.39, 0.29) is 23.1 Å². The number of rotatable bonds is 7. The third kappa shape index (κ3) is 5.75. The molecule has 6 heteroatoms. The van der Waals surface area contributed by atoms with Gasteiger partial charge >= 0.3 is 0 Å². The fraction of sp³-hybridized carbons (Fsp3) is 0.471. The van der Waals surface area contributed by atoms with Crippen molar-refractivity contribution in [3.63, 3.8) is 0 Å². The van der Waals surface area contributed by atoms with Crippen LogP contribution in [0.2, 0.25) is 0 Å². The van der Waals surface area contributed by atoms with Gasteiger partial charge in [-0.1, -0.05) is 42.5 Å². The molecule has 23 heavy (non-hydrogen) atoms. The molecule has 0 radical (unpaired) electrons. The maximum Gasteiger partial charge on any atom is 0.227 e. The van der Waals surface area contributed by atoms with E-state index in [0.717, 1.165) is 12.2 Å². The number of thioether (sulfide) groups is 1. The Balaban J connectivity index is 1.95. The number of halogens is 1. The Morgan fingerprint density at radius 3 is 2.91 bits per heavy atom. The van der Waals surface area contributed by atoms with Gasteiger partial charge in [0.25, 0.3) is 0 Å². The van der Waals surface area contributed by atoms with Crippen LogP contribution >= 0.6 is 36.0 Å². The maximum absolute atomic E-state index is 12.5. The monoisotopic (exact) mass is 371 g/mol. The van der Waals surface area contributed by atoms with Crippen LogP contribution in [0.5, 0.6) is 0 Å². The van der Waals surface area contributed by atoms with Crippen LogP contribution in [0.1, 0.15) is 18.4 Å². The van der Waals surface area contributed by atoms with Gasteiger partial charge in [0.05, 0.1) is 12.5 Å². The first-order chi connectivity index (χ1) is 11.1. The molecule has 0 unspecified atom stereocenters. The zero-order chi connectivity index (χ0) is 16.7. The van der Waals surface area contributed by atoms with E-state index in [0.29, 0.717) is 12.3 Å². The predicted molar refractivity (Wildman–Crippen MR) is 101 cm³/mol. The largest absolute Gasteiger partial charge is 0.389 e. The van der Waals surface area contributed by atoms with Crippen LogP contribution in [0.4, 0.5) is 0 Å². The lowest BCUT2D eigenvalue weighted by molar-refractivity contribution is -0.133. The van der Waals surface area contributed by atoms with Crippen LogP contribution in [0.25, 0.3) is 0 Å². The number of amides is 1. The fourth-order valence-corrected chi connectivity index (χ4v) is 4.40. The second-order valence-corrected chi connectivity index (χ2v) is 7.81. The normalized spacial score (nSPS) is 22.7. The van der Waals surface area contributed by atoms with Gasteiger partial charge in [-0.15, -0.1) is 36.0 Å². The van der Waals surface area contributed by atoms with E-state index in [9.17, 15) is 9.90 Å². The molecule has 0 aromatic heterocycles. The van der Waals surface area contributed by atoms with E-state index in [4.69, 9.17) is 11.6 Å². The van der Waals surface area contributed by atoms with Crippen molar-refractivity contribution in [2.75, 3.05) is 11.6 Å². The minimum absolute atomic E-state index is 0.0565. The van der Waals surface area contributed by atoms with Gasteiger partial charge < -0.3 is 10.0 Å². The minimum Gasteiger partial charge on any atom is -0.389 e. The number of carbonyl (C=O) groups excluding carboxylic acids is 1. The van der Waals surface area contributed by atoms with Gasteiger partial charge in [-0.25, -0.2) is 0 Å². The lowest BCUT2D eigenvalue weighted by Gasteiger charge is -2.27. The Morgan fingerprint density at radius 2 is 2.22 bits per heavy atom.